The van der Waals surface area contributed by atoms with Crippen LogP contribution < -0.4 is 0 Å². The number of hydrogen-bond donors (Lipinski definition) is 0. The van der Waals surface area contributed by atoms with Crippen LogP contribution in [0.4, 0.5) is 4.39 Å². The number of nitrogens with zero attached hydrogens (tertiary/aromatic N) is 1. The molecule has 0 radical (unpaired) electrons. The molecule has 0 saturated carbocycles. The van der Waals surface area contributed by atoms with Crippen molar-refractivity contribution in [2.24, 2.45) is 0 Å². The molecular formula is C12H10FN. The zero-order valence-electron chi connectivity index (χ0n) is 7.65. The third-order valence-corrected chi connectivity index (χ3v) is 2.01. The molecule has 0 bridgehead atoms. The molecule has 2 aromatic rings. The summed E-state index contributed by atoms with van der Waals surface area (Å²) in [4.78, 5) is 4.09. The molecule has 0 aliphatic carbocycles. The molecule has 0 N–H and O–H groups in total. The van der Waals surface area contributed by atoms with Gasteiger partial charge in [-0.15, -0.1) is 0 Å². The molecule has 1 nitrogen and oxygen atoms in total. The van der Waals surface area contributed by atoms with Gasteiger partial charge in [0.2, 0.25) is 0 Å². The molecule has 0 saturated heterocycles. The van der Waals surface area contributed by atoms with Gasteiger partial charge in [0, 0.05) is 18.3 Å². The van der Waals surface area contributed by atoms with E-state index in [-0.39, 0.29) is 5.82 Å². The summed E-state index contributed by atoms with van der Waals surface area (Å²) in [5.74, 6) is -0.231. The van der Waals surface area contributed by atoms with Gasteiger partial charge < -0.3 is 0 Å². The van der Waals surface area contributed by atoms with E-state index < -0.39 is 0 Å². The van der Waals surface area contributed by atoms with Crippen molar-refractivity contribution < 1.29 is 4.39 Å². The van der Waals surface area contributed by atoms with Crippen molar-refractivity contribution >= 4 is 0 Å². The molecule has 0 atom stereocenters. The summed E-state index contributed by atoms with van der Waals surface area (Å²) in [7, 11) is 0. The van der Waals surface area contributed by atoms with Crippen LogP contribution in [0.15, 0.2) is 48.7 Å². The summed E-state index contributed by atoms with van der Waals surface area (Å²) in [5.41, 5.74) is 1.90. The number of aromatic nitrogens is 1. The van der Waals surface area contributed by atoms with Crippen molar-refractivity contribution in [2.75, 3.05) is 0 Å². The van der Waals surface area contributed by atoms with E-state index in [0.29, 0.717) is 6.42 Å². The summed E-state index contributed by atoms with van der Waals surface area (Å²) < 4.78 is 12.8. The van der Waals surface area contributed by atoms with Crippen molar-refractivity contribution in [3.8, 4) is 0 Å². The van der Waals surface area contributed by atoms with Crippen molar-refractivity contribution in [1.82, 2.24) is 4.98 Å². The predicted molar refractivity (Wildman–Crippen MR) is 53.4 cm³/mol. The lowest BCUT2D eigenvalue weighted by Crippen LogP contribution is -1.92. The Labute approximate surface area is 82.2 Å². The summed E-state index contributed by atoms with van der Waals surface area (Å²) >= 11 is 0. The third kappa shape index (κ3) is 2.16. The molecule has 1 aromatic carbocycles. The topological polar surface area (TPSA) is 12.9 Å². The first kappa shape index (κ1) is 8.88. The van der Waals surface area contributed by atoms with E-state index in [1.54, 1.807) is 0 Å². The highest BCUT2D eigenvalue weighted by atomic mass is 19.1. The van der Waals surface area contributed by atoms with Crippen LogP contribution in [0.1, 0.15) is 11.3 Å². The fourth-order valence-electron chi connectivity index (χ4n) is 1.35. The number of rotatable bonds is 2. The maximum atomic E-state index is 12.8. The minimum absolute atomic E-state index is 0.231. The van der Waals surface area contributed by atoms with E-state index >= 15 is 0 Å². The molecule has 1 heterocycles. The molecule has 2 heteroatoms. The molecule has 0 spiro atoms. The Balaban J connectivity index is 2.19. The molecule has 0 fully saturated rings. The van der Waals surface area contributed by atoms with Crippen molar-refractivity contribution in [3.63, 3.8) is 0 Å². The van der Waals surface area contributed by atoms with Crippen LogP contribution >= 0.6 is 0 Å². The average Bonchev–Trinajstić information content (AvgIpc) is 2.19. The fourth-order valence-corrected chi connectivity index (χ4v) is 1.35. The Kier molecular flexibility index (Phi) is 2.54. The van der Waals surface area contributed by atoms with E-state index in [4.69, 9.17) is 0 Å². The standard InChI is InChI=1S/C12H10FN/c13-11-6-7-14-12(9-11)8-10-4-2-1-3-5-10/h1-7,9H,8H2. The highest BCUT2D eigenvalue weighted by Crippen LogP contribution is 2.07. The molecule has 0 amide bonds. The Morgan fingerprint density at radius 1 is 1.07 bits per heavy atom. The third-order valence-electron chi connectivity index (χ3n) is 2.01. The molecule has 0 aliphatic heterocycles. The maximum Gasteiger partial charge on any atom is 0.126 e. The lowest BCUT2D eigenvalue weighted by molar-refractivity contribution is 0.622. The van der Waals surface area contributed by atoms with Crippen molar-refractivity contribution in [1.29, 1.82) is 0 Å². The van der Waals surface area contributed by atoms with Crippen LogP contribution in [-0.2, 0) is 6.42 Å². The van der Waals surface area contributed by atoms with Crippen molar-refractivity contribution in [2.45, 2.75) is 6.42 Å². The highest BCUT2D eigenvalue weighted by Gasteiger charge is 1.97. The van der Waals surface area contributed by atoms with E-state index in [2.05, 4.69) is 4.98 Å². The Morgan fingerprint density at radius 3 is 2.57 bits per heavy atom. The second kappa shape index (κ2) is 4.01. The normalized spacial score (nSPS) is 10.1. The summed E-state index contributed by atoms with van der Waals surface area (Å²) in [6, 6.07) is 12.7. The fraction of sp³-hybridized carbons (Fsp3) is 0.0833. The van der Waals surface area contributed by atoms with Gasteiger partial charge in [-0.2, -0.15) is 0 Å². The SMILES string of the molecule is Fc1ccnc(Cc2ccccc2)c1. The number of pyridine rings is 1. The lowest BCUT2D eigenvalue weighted by atomic mass is 10.1. The Morgan fingerprint density at radius 2 is 1.86 bits per heavy atom. The largest absolute Gasteiger partial charge is 0.261 e. The molecule has 2 rings (SSSR count). The van der Waals surface area contributed by atoms with Gasteiger partial charge in [-0.3, -0.25) is 4.98 Å². The smallest absolute Gasteiger partial charge is 0.126 e. The van der Waals surface area contributed by atoms with Crippen LogP contribution in [0.3, 0.4) is 0 Å². The zero-order chi connectivity index (χ0) is 9.80. The molecular weight excluding hydrogens is 177 g/mol. The minimum atomic E-state index is -0.231. The van der Waals surface area contributed by atoms with Crippen LogP contribution in [0.5, 0.6) is 0 Å². The summed E-state index contributed by atoms with van der Waals surface area (Å²) in [6.07, 6.45) is 2.17. The average molecular weight is 187 g/mol. The Bertz CT molecular complexity index is 412. The van der Waals surface area contributed by atoms with Crippen LogP contribution in [0.25, 0.3) is 0 Å². The van der Waals surface area contributed by atoms with Gasteiger partial charge in [-0.1, -0.05) is 30.3 Å². The van der Waals surface area contributed by atoms with Gasteiger partial charge in [0.1, 0.15) is 5.82 Å². The van der Waals surface area contributed by atoms with Crippen molar-refractivity contribution in [3.05, 3.63) is 65.7 Å². The second-order valence-electron chi connectivity index (χ2n) is 3.13. The quantitative estimate of drug-likeness (QED) is 0.704. The summed E-state index contributed by atoms with van der Waals surface area (Å²) in [6.45, 7) is 0. The number of hydrogen-bond acceptors (Lipinski definition) is 1. The predicted octanol–water partition coefficient (Wildman–Crippen LogP) is 2.81. The minimum Gasteiger partial charge on any atom is -0.261 e. The van der Waals surface area contributed by atoms with Gasteiger partial charge in [-0.05, 0) is 17.7 Å². The van der Waals surface area contributed by atoms with Gasteiger partial charge in [-0.25, -0.2) is 4.39 Å². The number of halogens is 1. The molecule has 0 aliphatic rings. The van der Waals surface area contributed by atoms with Crippen LogP contribution in [0.2, 0.25) is 0 Å². The second-order valence-corrected chi connectivity index (χ2v) is 3.13. The summed E-state index contributed by atoms with van der Waals surface area (Å²) in [5, 5.41) is 0. The molecule has 1 aromatic heterocycles. The van der Waals surface area contributed by atoms with Gasteiger partial charge in [0.25, 0.3) is 0 Å². The monoisotopic (exact) mass is 187 g/mol. The van der Waals surface area contributed by atoms with Gasteiger partial charge >= 0.3 is 0 Å². The molecule has 0 unspecified atom stereocenters. The van der Waals surface area contributed by atoms with Gasteiger partial charge in [0.05, 0.1) is 0 Å². The number of benzene rings is 1. The maximum absolute atomic E-state index is 12.8. The van der Waals surface area contributed by atoms with Gasteiger partial charge in [0.15, 0.2) is 0 Å². The van der Waals surface area contributed by atoms with E-state index in [9.17, 15) is 4.39 Å². The van der Waals surface area contributed by atoms with E-state index in [1.807, 2.05) is 30.3 Å². The highest BCUT2D eigenvalue weighted by molar-refractivity contribution is 5.21. The zero-order valence-corrected chi connectivity index (χ0v) is 7.65. The van der Waals surface area contributed by atoms with Crippen LogP contribution in [-0.4, -0.2) is 4.98 Å². The first-order valence-corrected chi connectivity index (χ1v) is 4.49. The molecule has 70 valence electrons. The Hall–Kier alpha value is -1.70. The lowest BCUT2D eigenvalue weighted by Gasteiger charge is -2.00. The molecule has 14 heavy (non-hydrogen) atoms. The van der Waals surface area contributed by atoms with E-state index in [1.165, 1.54) is 18.3 Å². The first-order valence-electron chi connectivity index (χ1n) is 4.49. The van der Waals surface area contributed by atoms with Crippen LogP contribution in [0, 0.1) is 5.82 Å². The first-order chi connectivity index (χ1) is 6.84. The van der Waals surface area contributed by atoms with E-state index in [0.717, 1.165) is 11.3 Å².